The third kappa shape index (κ3) is 4.91. The third-order valence-electron chi connectivity index (χ3n) is 4.92. The first kappa shape index (κ1) is 25.2. The maximum Gasteiger partial charge on any atom is 0.323 e. The second-order valence-corrected chi connectivity index (χ2v) is 10.9. The molecule has 2 aromatic rings. The number of rotatable bonds is 6. The van der Waals surface area contributed by atoms with E-state index in [0.717, 1.165) is 42.5 Å². The SMILES string of the molecule is CCN1C(=CC=c2s/c(=C3\SC(=S)N(CC(=O)O)C3=O)n(CC(=O)O)c2=O)Sc2ccc(F)cc21. The fourth-order valence-electron chi connectivity index (χ4n) is 3.45. The van der Waals surface area contributed by atoms with E-state index < -0.39 is 36.5 Å². The summed E-state index contributed by atoms with van der Waals surface area (Å²) < 4.78 is 15.0. The minimum atomic E-state index is -1.28. The molecule has 0 spiro atoms. The number of nitrogens with zero attached hydrogens (tertiary/aromatic N) is 3. The summed E-state index contributed by atoms with van der Waals surface area (Å²) in [5.74, 6) is -3.60. The monoisotopic (exact) mass is 553 g/mol. The highest BCUT2D eigenvalue weighted by molar-refractivity contribution is 8.30. The summed E-state index contributed by atoms with van der Waals surface area (Å²) in [5.41, 5.74) is 0.102. The van der Waals surface area contributed by atoms with Gasteiger partial charge in [0.2, 0.25) is 0 Å². The van der Waals surface area contributed by atoms with Gasteiger partial charge in [-0.05, 0) is 37.3 Å². The van der Waals surface area contributed by atoms with E-state index in [1.165, 1.54) is 30.0 Å². The van der Waals surface area contributed by atoms with Gasteiger partial charge in [-0.15, -0.1) is 11.3 Å². The molecule has 14 heteroatoms. The van der Waals surface area contributed by atoms with E-state index in [1.807, 2.05) is 11.8 Å². The highest BCUT2D eigenvalue weighted by Gasteiger charge is 2.35. The van der Waals surface area contributed by atoms with Gasteiger partial charge >= 0.3 is 11.9 Å². The Hall–Kier alpha value is -2.94. The van der Waals surface area contributed by atoms with Gasteiger partial charge in [0.05, 0.1) is 15.2 Å². The number of carboxylic acids is 2. The van der Waals surface area contributed by atoms with Gasteiger partial charge in [0.15, 0.2) is 0 Å². The number of carboxylic acid groups (broad SMARTS) is 2. The van der Waals surface area contributed by atoms with Crippen molar-refractivity contribution in [3.05, 3.63) is 54.7 Å². The Bertz CT molecular complexity index is 1500. The number of aliphatic carboxylic acids is 2. The van der Waals surface area contributed by atoms with E-state index in [1.54, 1.807) is 12.1 Å². The first-order valence-corrected chi connectivity index (χ1v) is 12.8. The number of thioether (sulfide) groups is 2. The van der Waals surface area contributed by atoms with Crippen LogP contribution >= 0.6 is 47.1 Å². The molecule has 0 unspecified atom stereocenters. The maximum atomic E-state index is 13.7. The van der Waals surface area contributed by atoms with Crippen molar-refractivity contribution in [2.45, 2.75) is 18.4 Å². The number of fused-ring (bicyclic) bond motifs is 1. The molecule has 182 valence electrons. The molecule has 0 aliphatic carbocycles. The molecule has 2 aliphatic rings. The van der Waals surface area contributed by atoms with Crippen molar-refractivity contribution in [1.29, 1.82) is 0 Å². The fourth-order valence-corrected chi connectivity index (χ4v) is 7.01. The molecule has 0 saturated carbocycles. The molecule has 9 nitrogen and oxygen atoms in total. The molecule has 2 N–H and O–H groups in total. The van der Waals surface area contributed by atoms with Crippen LogP contribution in [0.2, 0.25) is 0 Å². The number of hydrogen-bond acceptors (Lipinski definition) is 9. The molecule has 1 saturated heterocycles. The fraction of sp³-hybridized carbons (Fsp3) is 0.190. The number of carbonyl (C=O) groups is 3. The van der Waals surface area contributed by atoms with Crippen LogP contribution < -0.4 is 19.7 Å². The summed E-state index contributed by atoms with van der Waals surface area (Å²) in [6.07, 6.45) is 3.21. The minimum absolute atomic E-state index is 0.000194. The predicted molar refractivity (Wildman–Crippen MR) is 136 cm³/mol. The number of amides is 1. The van der Waals surface area contributed by atoms with Crippen LogP contribution in [0.4, 0.5) is 10.1 Å². The molecule has 0 atom stereocenters. The highest BCUT2D eigenvalue weighted by Crippen LogP contribution is 2.45. The van der Waals surface area contributed by atoms with Crippen molar-refractivity contribution in [3.8, 4) is 0 Å². The summed E-state index contributed by atoms with van der Waals surface area (Å²) in [5, 5.41) is 19.1. The smallest absolute Gasteiger partial charge is 0.323 e. The Labute approximate surface area is 214 Å². The summed E-state index contributed by atoms with van der Waals surface area (Å²) in [6.45, 7) is 1.14. The molecule has 0 bridgehead atoms. The molecule has 35 heavy (non-hydrogen) atoms. The molecule has 1 fully saturated rings. The van der Waals surface area contributed by atoms with Gasteiger partial charge in [-0.3, -0.25) is 28.6 Å². The number of halogens is 1. The minimum Gasteiger partial charge on any atom is -0.480 e. The Morgan fingerprint density at radius 1 is 1.09 bits per heavy atom. The zero-order chi connectivity index (χ0) is 25.4. The first-order chi connectivity index (χ1) is 16.6. The second kappa shape index (κ2) is 9.97. The van der Waals surface area contributed by atoms with Gasteiger partial charge in [0.1, 0.15) is 32.8 Å². The van der Waals surface area contributed by atoms with Gasteiger partial charge in [-0.2, -0.15) is 0 Å². The van der Waals surface area contributed by atoms with Crippen LogP contribution in [0.15, 0.2) is 39.0 Å². The van der Waals surface area contributed by atoms with Crippen LogP contribution in [0, 0.1) is 5.82 Å². The topological polar surface area (TPSA) is 120 Å². The molecule has 1 aromatic heterocycles. The molecule has 1 amide bonds. The summed E-state index contributed by atoms with van der Waals surface area (Å²) in [4.78, 5) is 52.0. The summed E-state index contributed by atoms with van der Waals surface area (Å²) in [7, 11) is 0. The Balaban J connectivity index is 1.83. The number of benzene rings is 1. The normalized spacial score (nSPS) is 18.7. The molecular weight excluding hydrogens is 538 g/mol. The molecule has 0 radical (unpaired) electrons. The molecule has 2 aliphatic heterocycles. The van der Waals surface area contributed by atoms with Gasteiger partial charge in [0, 0.05) is 11.4 Å². The average molecular weight is 554 g/mol. The van der Waals surface area contributed by atoms with Crippen LogP contribution in [-0.4, -0.2) is 54.9 Å². The molecule has 3 heterocycles. The van der Waals surface area contributed by atoms with E-state index in [2.05, 4.69) is 0 Å². The number of hydrogen-bond donors (Lipinski definition) is 2. The highest BCUT2D eigenvalue weighted by atomic mass is 32.2. The number of carbonyl (C=O) groups excluding carboxylic acids is 1. The van der Waals surface area contributed by atoms with Crippen LogP contribution in [0.3, 0.4) is 0 Å². The van der Waals surface area contributed by atoms with Crippen molar-refractivity contribution in [1.82, 2.24) is 9.47 Å². The van der Waals surface area contributed by atoms with Gasteiger partial charge in [-0.25, -0.2) is 4.39 Å². The molecule has 1 aromatic carbocycles. The lowest BCUT2D eigenvalue weighted by molar-refractivity contribution is -0.140. The van der Waals surface area contributed by atoms with Crippen molar-refractivity contribution >= 4 is 85.9 Å². The number of allylic oxidation sites excluding steroid dienone is 1. The lowest BCUT2D eigenvalue weighted by Crippen LogP contribution is -2.36. The summed E-state index contributed by atoms with van der Waals surface area (Å²) in [6, 6.07) is 4.47. The van der Waals surface area contributed by atoms with E-state index in [-0.39, 0.29) is 24.2 Å². The van der Waals surface area contributed by atoms with E-state index in [9.17, 15) is 28.7 Å². The lowest BCUT2D eigenvalue weighted by Gasteiger charge is -2.17. The zero-order valence-electron chi connectivity index (χ0n) is 17.9. The van der Waals surface area contributed by atoms with Crippen molar-refractivity contribution in [2.75, 3.05) is 18.0 Å². The summed E-state index contributed by atoms with van der Waals surface area (Å²) >= 11 is 8.25. The van der Waals surface area contributed by atoms with Crippen LogP contribution in [-0.2, 0) is 20.9 Å². The lowest BCUT2D eigenvalue weighted by atomic mass is 10.3. The quantitative estimate of drug-likeness (QED) is 0.509. The number of thiocarbonyl (C=S) groups is 1. The van der Waals surface area contributed by atoms with Crippen LogP contribution in [0.1, 0.15) is 6.92 Å². The van der Waals surface area contributed by atoms with E-state index in [0.29, 0.717) is 12.2 Å². The number of anilines is 1. The Kier molecular flexibility index (Phi) is 7.17. The largest absolute Gasteiger partial charge is 0.480 e. The molecule has 4 rings (SSSR count). The van der Waals surface area contributed by atoms with Gasteiger partial charge < -0.3 is 15.1 Å². The predicted octanol–water partition coefficient (Wildman–Crippen LogP) is 1.44. The Morgan fingerprint density at radius 3 is 2.46 bits per heavy atom. The Morgan fingerprint density at radius 2 is 1.80 bits per heavy atom. The first-order valence-electron chi connectivity index (χ1n) is 9.98. The second-order valence-electron chi connectivity index (χ2n) is 7.17. The zero-order valence-corrected chi connectivity index (χ0v) is 21.2. The van der Waals surface area contributed by atoms with Crippen molar-refractivity contribution < 1.29 is 29.0 Å². The van der Waals surface area contributed by atoms with Gasteiger partial charge in [-0.1, -0.05) is 35.7 Å². The maximum absolute atomic E-state index is 13.7. The molecular formula is C21H16FN3O6S4. The van der Waals surface area contributed by atoms with E-state index in [4.69, 9.17) is 17.3 Å². The van der Waals surface area contributed by atoms with Crippen molar-refractivity contribution in [3.63, 3.8) is 0 Å². The van der Waals surface area contributed by atoms with Gasteiger partial charge in [0.25, 0.3) is 11.5 Å². The van der Waals surface area contributed by atoms with E-state index >= 15 is 0 Å². The number of thiazole rings is 1. The third-order valence-corrected chi connectivity index (χ3v) is 8.77. The van der Waals surface area contributed by atoms with Crippen LogP contribution in [0.25, 0.3) is 11.0 Å². The number of aromatic nitrogens is 1. The standard InChI is InChI=1S/C21H16FN3O6S4/c1-2-23-11-7-10(22)3-4-12(11)33-14(23)6-5-13-18(30)24(8-15(26)27)20(34-13)17-19(31)25(9-16(28)29)21(32)35-17/h3-7H,2,8-9H2,1H3,(H,26,27)(H,28,29)/b13-5?,14-6?,20-17-. The average Bonchev–Trinajstić information content (AvgIpc) is 3.38. The van der Waals surface area contributed by atoms with Crippen LogP contribution in [0.5, 0.6) is 0 Å². The van der Waals surface area contributed by atoms with Crippen molar-refractivity contribution in [2.24, 2.45) is 0 Å².